The van der Waals surface area contributed by atoms with Crippen LogP contribution in [0.2, 0.25) is 0 Å². The first-order valence-electron chi connectivity index (χ1n) is 9.88. The molecule has 6 atom stereocenters. The lowest BCUT2D eigenvalue weighted by atomic mass is 9.47. The van der Waals surface area contributed by atoms with Crippen LogP contribution in [0.25, 0.3) is 0 Å². The Labute approximate surface area is 144 Å². The maximum absolute atomic E-state index is 12.8. The van der Waals surface area contributed by atoms with Crippen LogP contribution >= 0.6 is 0 Å². The predicted molar refractivity (Wildman–Crippen MR) is 92.3 cm³/mol. The molecule has 0 saturated heterocycles. The van der Waals surface area contributed by atoms with Crippen molar-refractivity contribution in [2.24, 2.45) is 29.1 Å². The van der Waals surface area contributed by atoms with E-state index in [-0.39, 0.29) is 17.1 Å². The maximum atomic E-state index is 12.8. The average molecular weight is 330 g/mol. The van der Waals surface area contributed by atoms with E-state index >= 15 is 0 Å². The molecule has 0 aliphatic heterocycles. The summed E-state index contributed by atoms with van der Waals surface area (Å²) in [4.78, 5) is 24.7. The lowest BCUT2D eigenvalue weighted by Crippen LogP contribution is -2.59. The summed E-state index contributed by atoms with van der Waals surface area (Å²) >= 11 is 0. The number of Topliss-reactive ketones (excluding diaryl/α,β-unsaturated/α-hetero) is 1. The first kappa shape index (κ1) is 16.5. The van der Waals surface area contributed by atoms with E-state index in [0.717, 1.165) is 38.5 Å². The summed E-state index contributed by atoms with van der Waals surface area (Å²) in [7, 11) is 0. The number of rotatable bonds is 2. The molecule has 4 aliphatic carbocycles. The van der Waals surface area contributed by atoms with Gasteiger partial charge < -0.3 is 5.11 Å². The average Bonchev–Trinajstić information content (AvgIpc) is 2.83. The Bertz CT molecular complexity index is 602. The van der Waals surface area contributed by atoms with Gasteiger partial charge in [-0.2, -0.15) is 0 Å². The molecule has 132 valence electrons. The van der Waals surface area contributed by atoms with E-state index in [9.17, 15) is 14.7 Å². The molecule has 0 spiro atoms. The number of fused-ring (bicyclic) bond motifs is 5. The number of ketones is 2. The number of hydrogen-bond acceptors (Lipinski definition) is 3. The molecule has 24 heavy (non-hydrogen) atoms. The monoisotopic (exact) mass is 330 g/mol. The molecule has 0 amide bonds. The highest BCUT2D eigenvalue weighted by Crippen LogP contribution is 2.64. The quantitative estimate of drug-likeness (QED) is 0.837. The molecule has 0 bridgehead atoms. The molecule has 4 unspecified atom stereocenters. The zero-order valence-corrected chi connectivity index (χ0v) is 15.0. The smallest absolute Gasteiger partial charge is 0.155 e. The van der Waals surface area contributed by atoms with Crippen LogP contribution in [0.15, 0.2) is 11.6 Å². The van der Waals surface area contributed by atoms with E-state index < -0.39 is 5.60 Å². The van der Waals surface area contributed by atoms with Crippen molar-refractivity contribution < 1.29 is 14.7 Å². The topological polar surface area (TPSA) is 54.4 Å². The van der Waals surface area contributed by atoms with Gasteiger partial charge in [0.15, 0.2) is 5.78 Å². The highest BCUT2D eigenvalue weighted by atomic mass is 16.3. The molecule has 0 aromatic carbocycles. The van der Waals surface area contributed by atoms with Gasteiger partial charge in [0.2, 0.25) is 0 Å². The van der Waals surface area contributed by atoms with Crippen molar-refractivity contribution in [2.45, 2.75) is 77.2 Å². The summed E-state index contributed by atoms with van der Waals surface area (Å²) in [6.45, 7) is 4.13. The van der Waals surface area contributed by atoms with E-state index in [1.807, 2.05) is 13.0 Å². The summed E-state index contributed by atoms with van der Waals surface area (Å²) in [5, 5.41) is 11.5. The van der Waals surface area contributed by atoms with Crippen LogP contribution in [0.4, 0.5) is 0 Å². The zero-order valence-electron chi connectivity index (χ0n) is 15.0. The Morgan fingerprint density at radius 1 is 1.17 bits per heavy atom. The van der Waals surface area contributed by atoms with E-state index in [1.165, 1.54) is 5.57 Å². The summed E-state index contributed by atoms with van der Waals surface area (Å²) in [6.07, 6.45) is 9.71. The van der Waals surface area contributed by atoms with Crippen molar-refractivity contribution in [3.63, 3.8) is 0 Å². The second-order valence-corrected chi connectivity index (χ2v) is 9.07. The summed E-state index contributed by atoms with van der Waals surface area (Å²) in [5.41, 5.74) is 0.214. The van der Waals surface area contributed by atoms with Gasteiger partial charge in [-0.25, -0.2) is 0 Å². The third-order valence-corrected chi connectivity index (χ3v) is 7.74. The van der Waals surface area contributed by atoms with Crippen LogP contribution in [0.5, 0.6) is 0 Å². The second kappa shape index (κ2) is 5.52. The first-order valence-corrected chi connectivity index (χ1v) is 9.88. The molecule has 3 saturated carbocycles. The van der Waals surface area contributed by atoms with Gasteiger partial charge in [0.1, 0.15) is 5.78 Å². The summed E-state index contributed by atoms with van der Waals surface area (Å²) < 4.78 is 0. The van der Waals surface area contributed by atoms with E-state index in [1.54, 1.807) is 0 Å². The minimum absolute atomic E-state index is 0.228. The van der Waals surface area contributed by atoms with Gasteiger partial charge in [0.05, 0.1) is 5.60 Å². The molecule has 4 rings (SSSR count). The lowest BCUT2D eigenvalue weighted by molar-refractivity contribution is -0.169. The molecule has 3 fully saturated rings. The van der Waals surface area contributed by atoms with Gasteiger partial charge in [0, 0.05) is 18.3 Å². The normalized spacial score (nSPS) is 47.7. The van der Waals surface area contributed by atoms with Crippen LogP contribution in [0, 0.1) is 29.1 Å². The minimum atomic E-state index is -0.791. The van der Waals surface area contributed by atoms with Crippen LogP contribution in [-0.4, -0.2) is 22.3 Å². The molecular weight excluding hydrogens is 300 g/mol. The molecule has 3 heteroatoms. The summed E-state index contributed by atoms with van der Waals surface area (Å²) in [6, 6.07) is 0. The Kier molecular flexibility index (Phi) is 3.80. The van der Waals surface area contributed by atoms with Crippen molar-refractivity contribution in [3.8, 4) is 0 Å². The number of carbonyl (C=O) groups is 2. The SMILES string of the molecule is CCC[C@]12C[C@](C)(O)C3C4CCC(=O)C=C4CCC3C1CCC2=O. The Hall–Kier alpha value is -0.960. The van der Waals surface area contributed by atoms with Crippen LogP contribution < -0.4 is 0 Å². The van der Waals surface area contributed by atoms with Gasteiger partial charge in [-0.05, 0) is 75.2 Å². The lowest BCUT2D eigenvalue weighted by Gasteiger charge is -2.59. The fraction of sp³-hybridized carbons (Fsp3) is 0.810. The summed E-state index contributed by atoms with van der Waals surface area (Å²) in [5.74, 6) is 2.15. The number of hydrogen-bond donors (Lipinski definition) is 1. The predicted octanol–water partition coefficient (Wildman–Crippen LogP) is 3.84. The van der Waals surface area contributed by atoms with Gasteiger partial charge in [0.25, 0.3) is 0 Å². The number of allylic oxidation sites excluding steroid dienone is 1. The number of aliphatic hydroxyl groups is 1. The van der Waals surface area contributed by atoms with Crippen molar-refractivity contribution >= 4 is 11.6 Å². The van der Waals surface area contributed by atoms with Crippen molar-refractivity contribution in [1.29, 1.82) is 0 Å². The standard InChI is InChI=1S/C21H30O3/c1-3-10-21-12-20(2,24)19-15-7-5-14(22)11-13(15)4-6-16(19)17(21)8-9-18(21)23/h11,15-17,19,24H,3-10,12H2,1-2H3/t15?,16?,17?,19?,20-,21-/m0/s1. The molecular formula is C21H30O3. The zero-order chi connectivity index (χ0) is 17.1. The van der Waals surface area contributed by atoms with Gasteiger partial charge in [-0.1, -0.05) is 18.9 Å². The second-order valence-electron chi connectivity index (χ2n) is 9.07. The minimum Gasteiger partial charge on any atom is -0.390 e. The molecule has 0 heterocycles. The van der Waals surface area contributed by atoms with Gasteiger partial charge >= 0.3 is 0 Å². The molecule has 3 nitrogen and oxygen atoms in total. The highest BCUT2D eigenvalue weighted by molar-refractivity contribution is 5.91. The highest BCUT2D eigenvalue weighted by Gasteiger charge is 2.64. The molecule has 0 aromatic rings. The van der Waals surface area contributed by atoms with Crippen molar-refractivity contribution in [1.82, 2.24) is 0 Å². The van der Waals surface area contributed by atoms with Crippen LogP contribution in [-0.2, 0) is 9.59 Å². The first-order chi connectivity index (χ1) is 11.4. The molecule has 4 aliphatic rings. The Balaban J connectivity index is 1.75. The molecule has 1 N–H and O–H groups in total. The third kappa shape index (κ3) is 2.20. The number of carbonyl (C=O) groups excluding carboxylic acids is 2. The fourth-order valence-electron chi connectivity index (χ4n) is 7.18. The van der Waals surface area contributed by atoms with E-state index in [4.69, 9.17) is 0 Å². The van der Waals surface area contributed by atoms with Gasteiger partial charge in [-0.15, -0.1) is 0 Å². The molecule has 0 aromatic heterocycles. The Morgan fingerprint density at radius 3 is 2.71 bits per heavy atom. The Morgan fingerprint density at radius 2 is 1.96 bits per heavy atom. The maximum Gasteiger partial charge on any atom is 0.155 e. The largest absolute Gasteiger partial charge is 0.390 e. The third-order valence-electron chi connectivity index (χ3n) is 7.74. The fourth-order valence-corrected chi connectivity index (χ4v) is 7.18. The van der Waals surface area contributed by atoms with E-state index in [0.29, 0.717) is 42.8 Å². The van der Waals surface area contributed by atoms with Crippen molar-refractivity contribution in [2.75, 3.05) is 0 Å². The van der Waals surface area contributed by atoms with Gasteiger partial charge in [-0.3, -0.25) is 9.59 Å². The van der Waals surface area contributed by atoms with Crippen LogP contribution in [0.3, 0.4) is 0 Å². The van der Waals surface area contributed by atoms with Crippen molar-refractivity contribution in [3.05, 3.63) is 11.6 Å². The van der Waals surface area contributed by atoms with Crippen LogP contribution in [0.1, 0.15) is 71.6 Å². The van der Waals surface area contributed by atoms with E-state index in [2.05, 4.69) is 6.92 Å². The molecule has 0 radical (unpaired) electrons.